The molecule has 28 heavy (non-hydrogen) atoms. The Balaban J connectivity index is 1.95. The fraction of sp³-hybridized carbons (Fsp3) is 0.250. The minimum atomic E-state index is -3.72. The maximum atomic E-state index is 13.0. The lowest BCUT2D eigenvalue weighted by Gasteiger charge is -2.11. The second-order valence-electron chi connectivity index (χ2n) is 6.58. The van der Waals surface area contributed by atoms with Gasteiger partial charge >= 0.3 is 0 Å². The molecule has 0 aliphatic heterocycles. The highest BCUT2D eigenvalue weighted by Gasteiger charge is 2.25. The average Bonchev–Trinajstić information content (AvgIpc) is 3.07. The molecule has 0 saturated carbocycles. The van der Waals surface area contributed by atoms with Crippen molar-refractivity contribution in [3.63, 3.8) is 0 Å². The van der Waals surface area contributed by atoms with Crippen molar-refractivity contribution >= 4 is 9.84 Å². The van der Waals surface area contributed by atoms with Crippen molar-refractivity contribution in [2.75, 3.05) is 6.54 Å². The van der Waals surface area contributed by atoms with Crippen LogP contribution in [0.5, 0.6) is 0 Å². The van der Waals surface area contributed by atoms with Gasteiger partial charge in [0.1, 0.15) is 5.82 Å². The summed E-state index contributed by atoms with van der Waals surface area (Å²) in [5, 5.41) is 16.9. The first-order chi connectivity index (χ1) is 13.4. The van der Waals surface area contributed by atoms with Crippen LogP contribution in [0.2, 0.25) is 0 Å². The molecule has 0 radical (unpaired) electrons. The molecule has 3 aromatic rings. The lowest BCUT2D eigenvalue weighted by Crippen LogP contribution is -2.17. The minimum absolute atomic E-state index is 0.0686. The maximum Gasteiger partial charge on any atom is 0.250 e. The zero-order valence-electron chi connectivity index (χ0n) is 15.5. The average molecular weight is 395 g/mol. The van der Waals surface area contributed by atoms with E-state index >= 15 is 0 Å². The fourth-order valence-corrected chi connectivity index (χ4v) is 4.29. The van der Waals surface area contributed by atoms with Gasteiger partial charge in [-0.3, -0.25) is 4.57 Å². The Kier molecular flexibility index (Phi) is 5.87. The molecule has 0 fully saturated rings. The summed E-state index contributed by atoms with van der Waals surface area (Å²) in [6.45, 7) is 2.70. The van der Waals surface area contributed by atoms with Gasteiger partial charge in [0, 0.05) is 6.42 Å². The van der Waals surface area contributed by atoms with E-state index in [2.05, 4.69) is 10.2 Å². The van der Waals surface area contributed by atoms with E-state index in [1.807, 2.05) is 37.3 Å². The van der Waals surface area contributed by atoms with Crippen LogP contribution < -0.4 is 5.73 Å². The normalized spacial score (nSPS) is 11.3. The Morgan fingerprint density at radius 2 is 1.68 bits per heavy atom. The first-order valence-corrected chi connectivity index (χ1v) is 10.5. The molecule has 1 heterocycles. The van der Waals surface area contributed by atoms with Gasteiger partial charge in [-0.05, 0) is 36.7 Å². The molecule has 0 spiro atoms. The van der Waals surface area contributed by atoms with Crippen LogP contribution in [0.3, 0.4) is 0 Å². The number of aryl methyl sites for hydroxylation is 1. The highest BCUT2D eigenvalue weighted by molar-refractivity contribution is 7.90. The van der Waals surface area contributed by atoms with Gasteiger partial charge in [0.2, 0.25) is 15.0 Å². The molecule has 7 nitrogen and oxygen atoms in total. The van der Waals surface area contributed by atoms with Gasteiger partial charge in [0.15, 0.2) is 0 Å². The Labute approximate surface area is 164 Å². The molecule has 0 bridgehead atoms. The van der Waals surface area contributed by atoms with Crippen LogP contribution in [0.15, 0.2) is 53.7 Å². The second kappa shape index (κ2) is 8.33. The molecule has 0 aliphatic carbocycles. The van der Waals surface area contributed by atoms with Gasteiger partial charge in [-0.1, -0.05) is 42.0 Å². The second-order valence-corrected chi connectivity index (χ2v) is 8.46. The summed E-state index contributed by atoms with van der Waals surface area (Å²) in [4.78, 5) is 0. The quantitative estimate of drug-likeness (QED) is 0.654. The number of aromatic nitrogens is 3. The summed E-state index contributed by atoms with van der Waals surface area (Å²) < 4.78 is 27.7. The van der Waals surface area contributed by atoms with Crippen LogP contribution in [0.25, 0.3) is 0 Å². The van der Waals surface area contributed by atoms with Gasteiger partial charge in [0.05, 0.1) is 23.9 Å². The molecular formula is C20H21N5O2S. The van der Waals surface area contributed by atoms with Gasteiger partial charge in [0.25, 0.3) is 0 Å². The van der Waals surface area contributed by atoms with Crippen LogP contribution in [0.1, 0.15) is 28.1 Å². The largest absolute Gasteiger partial charge is 0.330 e. The third-order valence-corrected chi connectivity index (χ3v) is 5.91. The van der Waals surface area contributed by atoms with E-state index in [1.54, 1.807) is 28.8 Å². The van der Waals surface area contributed by atoms with E-state index in [-0.39, 0.29) is 10.9 Å². The van der Waals surface area contributed by atoms with Crippen molar-refractivity contribution in [2.45, 2.75) is 30.8 Å². The predicted octanol–water partition coefficient (Wildman–Crippen LogP) is 1.98. The molecule has 8 heteroatoms. The lowest BCUT2D eigenvalue weighted by atomic mass is 10.1. The van der Waals surface area contributed by atoms with Crippen LogP contribution >= 0.6 is 0 Å². The zero-order valence-corrected chi connectivity index (χ0v) is 16.4. The van der Waals surface area contributed by atoms with Crippen molar-refractivity contribution in [1.29, 1.82) is 5.26 Å². The third-order valence-electron chi connectivity index (χ3n) is 4.34. The Bertz CT molecular complexity index is 1090. The summed E-state index contributed by atoms with van der Waals surface area (Å²) in [7, 11) is -3.72. The van der Waals surface area contributed by atoms with Crippen LogP contribution in [-0.2, 0) is 28.6 Å². The van der Waals surface area contributed by atoms with Crippen LogP contribution in [0.4, 0.5) is 0 Å². The molecule has 0 aliphatic rings. The topological polar surface area (TPSA) is 115 Å². The van der Waals surface area contributed by atoms with E-state index in [0.717, 1.165) is 11.1 Å². The molecular weight excluding hydrogens is 374 g/mol. The third kappa shape index (κ3) is 4.44. The Hall–Kier alpha value is -3.02. The van der Waals surface area contributed by atoms with Gasteiger partial charge in [-0.2, -0.15) is 5.26 Å². The lowest BCUT2D eigenvalue weighted by molar-refractivity contribution is 0.566. The number of sulfone groups is 1. The maximum absolute atomic E-state index is 13.0. The number of hydrogen-bond acceptors (Lipinski definition) is 6. The number of nitrogens with two attached hydrogens (primary N) is 1. The van der Waals surface area contributed by atoms with Crippen molar-refractivity contribution in [3.05, 3.63) is 76.6 Å². The standard InChI is InChI=1S/C20H21N5O2S/c1-15-2-4-17(5-3-15)13-25-19(10-11-21)23-24-20(25)28(26,27)14-18-8-6-16(12-22)7-9-18/h2-9H,10-11,13-14,21H2,1H3. The van der Waals surface area contributed by atoms with E-state index in [4.69, 9.17) is 11.0 Å². The molecule has 2 N–H and O–H groups in total. The summed E-state index contributed by atoms with van der Waals surface area (Å²) in [6.07, 6.45) is 0.436. The molecule has 0 unspecified atom stereocenters. The summed E-state index contributed by atoms with van der Waals surface area (Å²) in [6, 6.07) is 16.4. The van der Waals surface area contributed by atoms with Gasteiger partial charge < -0.3 is 5.73 Å². The molecule has 0 atom stereocenters. The van der Waals surface area contributed by atoms with Crippen molar-refractivity contribution in [1.82, 2.24) is 14.8 Å². The van der Waals surface area contributed by atoms with Crippen LogP contribution in [0, 0.1) is 18.3 Å². The molecule has 144 valence electrons. The summed E-state index contributed by atoms with van der Waals surface area (Å²) >= 11 is 0. The summed E-state index contributed by atoms with van der Waals surface area (Å²) in [5.74, 6) is 0.328. The van der Waals surface area contributed by atoms with Gasteiger partial charge in [-0.25, -0.2) is 8.42 Å². The number of nitrogens with zero attached hydrogens (tertiary/aromatic N) is 4. The zero-order chi connectivity index (χ0) is 20.1. The minimum Gasteiger partial charge on any atom is -0.330 e. The van der Waals surface area contributed by atoms with E-state index in [9.17, 15) is 8.42 Å². The smallest absolute Gasteiger partial charge is 0.250 e. The molecule has 1 aromatic heterocycles. The van der Waals surface area contributed by atoms with Gasteiger partial charge in [-0.15, -0.1) is 10.2 Å². The fourth-order valence-electron chi connectivity index (χ4n) is 2.86. The monoisotopic (exact) mass is 395 g/mol. The van der Waals surface area contributed by atoms with Crippen molar-refractivity contribution < 1.29 is 8.42 Å². The summed E-state index contributed by atoms with van der Waals surface area (Å²) in [5.41, 5.74) is 8.81. The first kappa shape index (κ1) is 19.7. The number of hydrogen-bond donors (Lipinski definition) is 1. The molecule has 2 aromatic carbocycles. The molecule has 3 rings (SSSR count). The number of benzene rings is 2. The van der Waals surface area contributed by atoms with E-state index < -0.39 is 9.84 Å². The number of rotatable bonds is 7. The van der Waals surface area contributed by atoms with Crippen LogP contribution in [-0.4, -0.2) is 29.7 Å². The molecule has 0 saturated heterocycles. The van der Waals surface area contributed by atoms with E-state index in [0.29, 0.717) is 36.5 Å². The van der Waals surface area contributed by atoms with E-state index in [1.165, 1.54) is 0 Å². The molecule has 0 amide bonds. The van der Waals surface area contributed by atoms with Crippen molar-refractivity contribution in [2.24, 2.45) is 5.73 Å². The first-order valence-electron chi connectivity index (χ1n) is 8.82. The Morgan fingerprint density at radius 3 is 2.29 bits per heavy atom. The Morgan fingerprint density at radius 1 is 1.04 bits per heavy atom. The SMILES string of the molecule is Cc1ccc(Cn2c(CCN)nnc2S(=O)(=O)Cc2ccc(C#N)cc2)cc1. The highest BCUT2D eigenvalue weighted by atomic mass is 32.2. The van der Waals surface area contributed by atoms with Crippen molar-refractivity contribution in [3.8, 4) is 6.07 Å². The highest BCUT2D eigenvalue weighted by Crippen LogP contribution is 2.19. The number of nitriles is 1. The predicted molar refractivity (Wildman–Crippen MR) is 105 cm³/mol.